The van der Waals surface area contributed by atoms with Crippen molar-refractivity contribution < 1.29 is 35.2 Å². The highest BCUT2D eigenvalue weighted by molar-refractivity contribution is 7.92. The third-order valence-corrected chi connectivity index (χ3v) is 5.04. The number of carbonyl (C=O) groups excluding carboxylic acids is 1. The van der Waals surface area contributed by atoms with E-state index in [0.717, 1.165) is 36.6 Å². The van der Waals surface area contributed by atoms with Gasteiger partial charge in [-0.15, -0.1) is 0 Å². The fourth-order valence-corrected chi connectivity index (χ4v) is 3.46. The summed E-state index contributed by atoms with van der Waals surface area (Å²) in [6.07, 6.45) is -0.502. The average molecular weight is 506 g/mol. The molecule has 0 aromatic heterocycles. The fourth-order valence-electron chi connectivity index (χ4n) is 2.90. The molecule has 186 valence electrons. The summed E-state index contributed by atoms with van der Waals surface area (Å²) in [6.45, 7) is 2.31. The van der Waals surface area contributed by atoms with Crippen LogP contribution in [0.1, 0.15) is 30.0 Å². The lowest BCUT2D eigenvalue weighted by atomic mass is 10.1. The van der Waals surface area contributed by atoms with Crippen LogP contribution in [0.5, 0.6) is 0 Å². The molecule has 2 rings (SSSR count). The van der Waals surface area contributed by atoms with Crippen LogP contribution in [0.2, 0.25) is 0 Å². The van der Waals surface area contributed by atoms with E-state index in [1.54, 1.807) is 4.72 Å². The molecule has 0 bridgehead atoms. The number of halogens is 5. The number of hydrogen-bond acceptors (Lipinski definition) is 4. The first-order valence-electron chi connectivity index (χ1n) is 10.2. The molecule has 0 radical (unpaired) electrons. The lowest BCUT2D eigenvalue weighted by molar-refractivity contribution is -0.137. The Labute approximate surface area is 194 Å². The minimum absolute atomic E-state index is 0.00879. The molecule has 0 spiro atoms. The van der Waals surface area contributed by atoms with Crippen LogP contribution in [0.3, 0.4) is 0 Å². The van der Waals surface area contributed by atoms with Crippen molar-refractivity contribution >= 4 is 33.4 Å². The van der Waals surface area contributed by atoms with Gasteiger partial charge in [-0.3, -0.25) is 9.52 Å². The van der Waals surface area contributed by atoms with E-state index in [9.17, 15) is 35.2 Å². The van der Waals surface area contributed by atoms with E-state index in [2.05, 4.69) is 10.6 Å². The molecule has 34 heavy (non-hydrogen) atoms. The van der Waals surface area contributed by atoms with Gasteiger partial charge in [-0.05, 0) is 54.3 Å². The normalized spacial score (nSPS) is 12.1. The number of benzene rings is 2. The number of nitrogens with one attached hydrogen (secondary N) is 3. The van der Waals surface area contributed by atoms with Crippen LogP contribution >= 0.6 is 0 Å². The van der Waals surface area contributed by atoms with Crippen LogP contribution in [-0.2, 0) is 27.4 Å². The maximum atomic E-state index is 14.0. The predicted molar refractivity (Wildman–Crippen MR) is 121 cm³/mol. The molecule has 0 unspecified atom stereocenters. The summed E-state index contributed by atoms with van der Waals surface area (Å²) in [5, 5.41) is 5.41. The summed E-state index contributed by atoms with van der Waals surface area (Å²) in [5.74, 6) is -2.75. The Balaban J connectivity index is 2.02. The van der Waals surface area contributed by atoms with E-state index in [1.165, 1.54) is 12.1 Å². The zero-order valence-corrected chi connectivity index (χ0v) is 19.2. The molecule has 0 saturated heterocycles. The Morgan fingerprint density at radius 3 is 2.26 bits per heavy atom. The lowest BCUT2D eigenvalue weighted by Gasteiger charge is -2.13. The third-order valence-electron chi connectivity index (χ3n) is 4.46. The molecule has 0 saturated carbocycles. The predicted octanol–water partition coefficient (Wildman–Crippen LogP) is 4.55. The molecule has 12 heteroatoms. The summed E-state index contributed by atoms with van der Waals surface area (Å²) >= 11 is 0. The topological polar surface area (TPSA) is 87.3 Å². The summed E-state index contributed by atoms with van der Waals surface area (Å²) < 4.78 is 91.1. The van der Waals surface area contributed by atoms with Crippen molar-refractivity contribution in [2.24, 2.45) is 0 Å². The Morgan fingerprint density at radius 2 is 1.71 bits per heavy atom. The maximum absolute atomic E-state index is 14.0. The third kappa shape index (κ3) is 8.32. The summed E-state index contributed by atoms with van der Waals surface area (Å²) in [4.78, 5) is 12.1. The van der Waals surface area contributed by atoms with Gasteiger partial charge < -0.3 is 10.6 Å². The molecule has 0 aliphatic heterocycles. The van der Waals surface area contributed by atoms with Crippen LogP contribution in [0.15, 0.2) is 36.4 Å². The lowest BCUT2D eigenvalue weighted by Crippen LogP contribution is -2.23. The average Bonchev–Trinajstić information content (AvgIpc) is 2.72. The van der Waals surface area contributed by atoms with E-state index < -0.39 is 45.0 Å². The molecule has 2 aromatic carbocycles. The second kappa shape index (κ2) is 11.3. The molecule has 1 amide bonds. The molecule has 6 nitrogen and oxygen atoms in total. The minimum atomic E-state index is -4.50. The smallest absolute Gasteiger partial charge is 0.385 e. The largest absolute Gasteiger partial charge is 0.416 e. The minimum Gasteiger partial charge on any atom is -0.385 e. The molecular weight excluding hydrogens is 481 g/mol. The van der Waals surface area contributed by atoms with Crippen molar-refractivity contribution in [3.8, 4) is 0 Å². The quantitative estimate of drug-likeness (QED) is 0.327. The Morgan fingerprint density at radius 1 is 1.06 bits per heavy atom. The summed E-state index contributed by atoms with van der Waals surface area (Å²) in [5.41, 5.74) is -0.802. The van der Waals surface area contributed by atoms with Crippen molar-refractivity contribution in [1.82, 2.24) is 5.32 Å². The van der Waals surface area contributed by atoms with E-state index >= 15 is 0 Å². The first-order chi connectivity index (χ1) is 15.8. The number of amides is 1. The number of alkyl halides is 3. The van der Waals surface area contributed by atoms with Crippen LogP contribution in [0.4, 0.5) is 33.3 Å². The highest BCUT2D eigenvalue weighted by atomic mass is 32.2. The zero-order chi connectivity index (χ0) is 25.5. The van der Waals surface area contributed by atoms with Gasteiger partial charge in [0, 0.05) is 24.9 Å². The second-order valence-electron chi connectivity index (χ2n) is 7.41. The monoisotopic (exact) mass is 505 g/mol. The Hall–Kier alpha value is -3.15. The standard InChI is InChI=1S/C22H24F5N3O3S/c1-3-9-28-19-13-16(22(25,26)27)6-4-15(19)5-7-20(31)29-10-8-14-11-17(23)21(18(24)12-14)30-34(2,32)33/h4-7,11-13,28,30H,3,8-10H2,1-2H3,(H,29,31). The Kier molecular flexibility index (Phi) is 9.02. The van der Waals surface area contributed by atoms with Crippen LogP contribution in [-0.4, -0.2) is 33.7 Å². The van der Waals surface area contributed by atoms with Gasteiger partial charge in [0.25, 0.3) is 0 Å². The molecule has 0 aliphatic rings. The van der Waals surface area contributed by atoms with E-state index in [4.69, 9.17) is 0 Å². The highest BCUT2D eigenvalue weighted by Crippen LogP contribution is 2.32. The van der Waals surface area contributed by atoms with Gasteiger partial charge in [0.2, 0.25) is 15.9 Å². The number of carbonyl (C=O) groups is 1. The van der Waals surface area contributed by atoms with Crippen molar-refractivity contribution in [2.45, 2.75) is 25.9 Å². The van der Waals surface area contributed by atoms with E-state index in [1.807, 2.05) is 6.92 Å². The maximum Gasteiger partial charge on any atom is 0.416 e. The van der Waals surface area contributed by atoms with E-state index in [0.29, 0.717) is 18.5 Å². The van der Waals surface area contributed by atoms with Gasteiger partial charge >= 0.3 is 6.18 Å². The number of hydrogen-bond donors (Lipinski definition) is 3. The molecule has 2 aromatic rings. The van der Waals surface area contributed by atoms with Gasteiger partial charge in [0.1, 0.15) is 5.69 Å². The van der Waals surface area contributed by atoms with Gasteiger partial charge in [0.15, 0.2) is 11.6 Å². The van der Waals surface area contributed by atoms with Crippen LogP contribution in [0.25, 0.3) is 6.08 Å². The molecule has 0 aliphatic carbocycles. The van der Waals surface area contributed by atoms with Crippen molar-refractivity contribution in [3.63, 3.8) is 0 Å². The molecule has 0 fully saturated rings. The first-order valence-corrected chi connectivity index (χ1v) is 12.1. The first kappa shape index (κ1) is 27.1. The number of sulfonamides is 1. The second-order valence-corrected chi connectivity index (χ2v) is 9.16. The highest BCUT2D eigenvalue weighted by Gasteiger charge is 2.30. The fraction of sp³-hybridized carbons (Fsp3) is 0.318. The molecule has 0 atom stereocenters. The molecule has 0 heterocycles. The SMILES string of the molecule is CCCNc1cc(C(F)(F)F)ccc1C=CC(=O)NCCc1cc(F)c(NS(C)(=O)=O)c(F)c1. The number of anilines is 2. The van der Waals surface area contributed by atoms with Crippen molar-refractivity contribution in [1.29, 1.82) is 0 Å². The number of rotatable bonds is 10. The Bertz CT molecular complexity index is 1140. The van der Waals surface area contributed by atoms with Gasteiger partial charge in [-0.2, -0.15) is 13.2 Å². The van der Waals surface area contributed by atoms with Crippen molar-refractivity contribution in [2.75, 3.05) is 29.4 Å². The summed E-state index contributed by atoms with van der Waals surface area (Å²) in [7, 11) is -3.87. The van der Waals surface area contributed by atoms with Crippen molar-refractivity contribution in [3.05, 3.63) is 64.7 Å². The zero-order valence-electron chi connectivity index (χ0n) is 18.4. The molecular formula is C22H24F5N3O3S. The summed E-state index contributed by atoms with van der Waals surface area (Å²) in [6, 6.07) is 5.04. The van der Waals surface area contributed by atoms with Gasteiger partial charge in [-0.25, -0.2) is 17.2 Å². The van der Waals surface area contributed by atoms with Gasteiger partial charge in [-0.1, -0.05) is 13.0 Å². The van der Waals surface area contributed by atoms with E-state index in [-0.39, 0.29) is 24.2 Å². The van der Waals surface area contributed by atoms with Gasteiger partial charge in [0.05, 0.1) is 11.8 Å². The van der Waals surface area contributed by atoms with Crippen LogP contribution in [0, 0.1) is 11.6 Å². The van der Waals surface area contributed by atoms with Crippen LogP contribution < -0.4 is 15.4 Å². The molecule has 3 N–H and O–H groups in total.